The molecule has 0 aromatic carbocycles. The maximum atomic E-state index is 5.70. The summed E-state index contributed by atoms with van der Waals surface area (Å²) in [5.41, 5.74) is 0. The molecule has 9 heavy (non-hydrogen) atoms. The molecule has 48 valence electrons. The summed E-state index contributed by atoms with van der Waals surface area (Å²) in [4.78, 5) is 3.82. The van der Waals surface area contributed by atoms with Crippen molar-refractivity contribution >= 4 is 45.8 Å². The van der Waals surface area contributed by atoms with Crippen molar-refractivity contribution in [1.29, 1.82) is 0 Å². The summed E-state index contributed by atoms with van der Waals surface area (Å²) in [6.45, 7) is 0. The minimum Gasteiger partial charge on any atom is -0.262 e. The van der Waals surface area contributed by atoms with Gasteiger partial charge in [0.15, 0.2) is 0 Å². The molecule has 0 atom stereocenters. The molecule has 1 aromatic rings. The molecule has 1 nitrogen and oxygen atoms in total. The SMILES string of the molecule is Clc1cncc(I)c1Cl. The summed E-state index contributed by atoms with van der Waals surface area (Å²) in [5, 5.41) is 1.08. The van der Waals surface area contributed by atoms with Crippen molar-refractivity contribution in [1.82, 2.24) is 4.98 Å². The number of pyridine rings is 1. The summed E-state index contributed by atoms with van der Waals surface area (Å²) < 4.78 is 0.877. The number of aromatic nitrogens is 1. The molecule has 0 radical (unpaired) electrons. The van der Waals surface area contributed by atoms with Gasteiger partial charge in [-0.3, -0.25) is 4.98 Å². The van der Waals surface area contributed by atoms with E-state index < -0.39 is 0 Å². The molecule has 0 unspecified atom stereocenters. The van der Waals surface area contributed by atoms with Crippen LogP contribution in [0.25, 0.3) is 0 Å². The Morgan fingerprint density at radius 3 is 2.44 bits per heavy atom. The van der Waals surface area contributed by atoms with Gasteiger partial charge in [0.2, 0.25) is 0 Å². The molecule has 1 rings (SSSR count). The van der Waals surface area contributed by atoms with Crippen molar-refractivity contribution in [2.45, 2.75) is 0 Å². The predicted molar refractivity (Wildman–Crippen MR) is 47.0 cm³/mol. The molecule has 1 aromatic heterocycles. The van der Waals surface area contributed by atoms with Crippen molar-refractivity contribution in [3.8, 4) is 0 Å². The molecule has 1 heterocycles. The summed E-state index contributed by atoms with van der Waals surface area (Å²) in [5.74, 6) is 0. The van der Waals surface area contributed by atoms with Crippen LogP contribution in [0.1, 0.15) is 0 Å². The minimum absolute atomic E-state index is 0.503. The highest BCUT2D eigenvalue weighted by molar-refractivity contribution is 14.1. The Morgan fingerprint density at radius 2 is 2.00 bits per heavy atom. The highest BCUT2D eigenvalue weighted by Crippen LogP contribution is 2.24. The molecular formula is C5H2Cl2IN. The summed E-state index contributed by atoms with van der Waals surface area (Å²) in [6.07, 6.45) is 3.18. The Labute approximate surface area is 76.5 Å². The van der Waals surface area contributed by atoms with E-state index in [1.807, 2.05) is 0 Å². The first-order valence-electron chi connectivity index (χ1n) is 2.16. The molecule has 0 N–H and O–H groups in total. The molecule has 0 amide bonds. The average molecular weight is 274 g/mol. The quantitative estimate of drug-likeness (QED) is 0.663. The van der Waals surface area contributed by atoms with Gasteiger partial charge in [-0.1, -0.05) is 23.2 Å². The lowest BCUT2D eigenvalue weighted by Gasteiger charge is -1.94. The topological polar surface area (TPSA) is 12.9 Å². The fourth-order valence-electron chi connectivity index (χ4n) is 0.396. The largest absolute Gasteiger partial charge is 0.262 e. The molecule has 0 bridgehead atoms. The Balaban J connectivity index is 3.25. The van der Waals surface area contributed by atoms with Gasteiger partial charge >= 0.3 is 0 Å². The Hall–Kier alpha value is 0.460. The summed E-state index contributed by atoms with van der Waals surface area (Å²) >= 11 is 13.4. The summed E-state index contributed by atoms with van der Waals surface area (Å²) in [6, 6.07) is 0. The minimum atomic E-state index is 0.503. The van der Waals surface area contributed by atoms with E-state index in [0.29, 0.717) is 10.0 Å². The number of halogens is 3. The highest BCUT2D eigenvalue weighted by atomic mass is 127. The predicted octanol–water partition coefficient (Wildman–Crippen LogP) is 2.99. The van der Waals surface area contributed by atoms with Crippen LogP contribution in [0.4, 0.5) is 0 Å². The van der Waals surface area contributed by atoms with Gasteiger partial charge in [0.25, 0.3) is 0 Å². The number of rotatable bonds is 0. The van der Waals surface area contributed by atoms with E-state index in [1.165, 1.54) is 6.20 Å². The first kappa shape index (κ1) is 7.57. The standard InChI is InChI=1S/C5H2Cl2IN/c6-3-1-9-2-4(8)5(3)7/h1-2H. The number of nitrogens with zero attached hydrogens (tertiary/aromatic N) is 1. The van der Waals surface area contributed by atoms with E-state index in [9.17, 15) is 0 Å². The Bertz CT molecular complexity index is 206. The van der Waals surface area contributed by atoms with E-state index in [1.54, 1.807) is 6.20 Å². The lowest BCUT2D eigenvalue weighted by atomic mass is 10.5. The second-order valence-electron chi connectivity index (χ2n) is 1.42. The molecule has 0 saturated heterocycles. The van der Waals surface area contributed by atoms with Gasteiger partial charge in [0.1, 0.15) is 0 Å². The van der Waals surface area contributed by atoms with Crippen LogP contribution in [0.2, 0.25) is 10.0 Å². The zero-order valence-electron chi connectivity index (χ0n) is 4.24. The number of hydrogen-bond acceptors (Lipinski definition) is 1. The van der Waals surface area contributed by atoms with Crippen molar-refractivity contribution < 1.29 is 0 Å². The maximum Gasteiger partial charge on any atom is 0.0786 e. The van der Waals surface area contributed by atoms with Gasteiger partial charge in [-0.2, -0.15) is 0 Å². The number of hydrogen-bond donors (Lipinski definition) is 0. The summed E-state index contributed by atoms with van der Waals surface area (Å²) in [7, 11) is 0. The maximum absolute atomic E-state index is 5.70. The van der Waals surface area contributed by atoms with Crippen LogP contribution in [0.3, 0.4) is 0 Å². The van der Waals surface area contributed by atoms with Crippen LogP contribution in [0.5, 0.6) is 0 Å². The van der Waals surface area contributed by atoms with Crippen molar-refractivity contribution in [2.75, 3.05) is 0 Å². The van der Waals surface area contributed by atoms with Gasteiger partial charge in [0.05, 0.1) is 13.6 Å². The lowest BCUT2D eigenvalue weighted by molar-refractivity contribution is 1.31. The molecule has 0 spiro atoms. The van der Waals surface area contributed by atoms with E-state index in [-0.39, 0.29) is 0 Å². The van der Waals surface area contributed by atoms with Crippen molar-refractivity contribution in [2.24, 2.45) is 0 Å². The fourth-order valence-corrected chi connectivity index (χ4v) is 1.26. The molecule has 4 heteroatoms. The van der Waals surface area contributed by atoms with Gasteiger partial charge in [-0.05, 0) is 22.6 Å². The average Bonchev–Trinajstić information content (AvgIpc) is 1.83. The van der Waals surface area contributed by atoms with Crippen LogP contribution in [-0.4, -0.2) is 4.98 Å². The van der Waals surface area contributed by atoms with Gasteiger partial charge < -0.3 is 0 Å². The van der Waals surface area contributed by atoms with Gasteiger partial charge in [-0.25, -0.2) is 0 Å². The molecule has 0 aliphatic carbocycles. The third-order valence-corrected chi connectivity index (χ3v) is 2.72. The molecule has 0 aliphatic rings. The van der Waals surface area contributed by atoms with Crippen LogP contribution < -0.4 is 0 Å². The third kappa shape index (κ3) is 1.69. The van der Waals surface area contributed by atoms with Crippen LogP contribution >= 0.6 is 45.8 Å². The normalized spacial score (nSPS) is 9.67. The molecule has 0 aliphatic heterocycles. The molecule has 0 saturated carbocycles. The van der Waals surface area contributed by atoms with E-state index >= 15 is 0 Å². The van der Waals surface area contributed by atoms with E-state index in [2.05, 4.69) is 27.6 Å². The van der Waals surface area contributed by atoms with Crippen molar-refractivity contribution in [3.63, 3.8) is 0 Å². The Kier molecular flexibility index (Phi) is 2.55. The second-order valence-corrected chi connectivity index (χ2v) is 3.36. The van der Waals surface area contributed by atoms with Gasteiger partial charge in [0, 0.05) is 12.4 Å². The van der Waals surface area contributed by atoms with E-state index in [4.69, 9.17) is 23.2 Å². The smallest absolute Gasteiger partial charge is 0.0786 e. The molecular weight excluding hydrogens is 272 g/mol. The van der Waals surface area contributed by atoms with Crippen molar-refractivity contribution in [3.05, 3.63) is 26.0 Å². The lowest BCUT2D eigenvalue weighted by Crippen LogP contribution is -1.77. The zero-order valence-corrected chi connectivity index (χ0v) is 7.91. The molecule has 0 fully saturated rings. The van der Waals surface area contributed by atoms with E-state index in [0.717, 1.165) is 3.57 Å². The van der Waals surface area contributed by atoms with Crippen LogP contribution in [-0.2, 0) is 0 Å². The van der Waals surface area contributed by atoms with Gasteiger partial charge in [-0.15, -0.1) is 0 Å². The zero-order chi connectivity index (χ0) is 6.85. The monoisotopic (exact) mass is 273 g/mol. The van der Waals surface area contributed by atoms with Crippen LogP contribution in [0, 0.1) is 3.57 Å². The van der Waals surface area contributed by atoms with Crippen LogP contribution in [0.15, 0.2) is 12.4 Å². The Morgan fingerprint density at radius 1 is 1.33 bits per heavy atom. The second kappa shape index (κ2) is 3.03. The highest BCUT2D eigenvalue weighted by Gasteiger charge is 1.99. The first-order chi connectivity index (χ1) is 4.22. The fraction of sp³-hybridized carbons (Fsp3) is 0. The first-order valence-corrected chi connectivity index (χ1v) is 4.00. The third-order valence-electron chi connectivity index (χ3n) is 0.795.